The molecule has 0 fully saturated rings. The Morgan fingerprint density at radius 2 is 1.51 bits per heavy atom. The summed E-state index contributed by atoms with van der Waals surface area (Å²) in [5.41, 5.74) is 2.20. The number of alkyl halides is 5. The van der Waals surface area contributed by atoms with Crippen molar-refractivity contribution in [3.05, 3.63) is 63.5 Å². The molecule has 1 aliphatic rings. The number of pyridine rings is 1. The van der Waals surface area contributed by atoms with E-state index in [4.69, 9.17) is 4.98 Å². The van der Waals surface area contributed by atoms with E-state index in [2.05, 4.69) is 13.8 Å². The Labute approximate surface area is 218 Å². The van der Waals surface area contributed by atoms with Gasteiger partial charge >= 0.3 is 12.1 Å². The topological polar surface area (TPSA) is 53.4 Å². The van der Waals surface area contributed by atoms with Crippen molar-refractivity contribution in [1.82, 2.24) is 4.98 Å². The number of fused-ring (bicyclic) bond motifs is 1. The normalized spacial score (nSPS) is 17.7. The van der Waals surface area contributed by atoms with Gasteiger partial charge in [0, 0.05) is 28.1 Å². The number of hydrogen-bond donors (Lipinski definition) is 2. The van der Waals surface area contributed by atoms with E-state index in [0.29, 0.717) is 48.2 Å². The number of benzene rings is 1. The van der Waals surface area contributed by atoms with Crippen LogP contribution in [0.2, 0.25) is 0 Å². The Balaban J connectivity index is 0.00000163. The number of aliphatic hydroxyl groups excluding tert-OH is 2. The quantitative estimate of drug-likeness (QED) is 0.380. The molecule has 0 aliphatic heterocycles. The van der Waals surface area contributed by atoms with Gasteiger partial charge in [0.2, 0.25) is 0 Å². The fourth-order valence-corrected chi connectivity index (χ4v) is 4.75. The number of hydrogen-bond acceptors (Lipinski definition) is 3. The van der Waals surface area contributed by atoms with Crippen molar-refractivity contribution in [3.8, 4) is 0 Å². The summed E-state index contributed by atoms with van der Waals surface area (Å²) in [6, 6.07) is 3.55. The minimum absolute atomic E-state index is 0.0822. The summed E-state index contributed by atoms with van der Waals surface area (Å²) in [7, 11) is 0. The molecule has 210 valence electrons. The first kappa shape index (κ1) is 33.0. The van der Waals surface area contributed by atoms with E-state index in [9.17, 15) is 32.2 Å². The van der Waals surface area contributed by atoms with Gasteiger partial charge in [-0.2, -0.15) is 22.0 Å². The van der Waals surface area contributed by atoms with Crippen molar-refractivity contribution in [3.63, 3.8) is 0 Å². The van der Waals surface area contributed by atoms with Crippen LogP contribution in [-0.2, 0) is 18.8 Å². The second kappa shape index (κ2) is 12.7. The number of halogens is 5. The molecule has 0 saturated carbocycles. The van der Waals surface area contributed by atoms with Crippen LogP contribution >= 0.6 is 0 Å². The third kappa shape index (κ3) is 6.88. The minimum atomic E-state index is -5.71. The summed E-state index contributed by atoms with van der Waals surface area (Å²) in [6.07, 6.45) is -6.05. The highest BCUT2D eigenvalue weighted by molar-refractivity contribution is 5.48. The van der Waals surface area contributed by atoms with E-state index in [0.717, 1.165) is 23.4 Å². The Hall–Kier alpha value is -2.06. The smallest absolute Gasteiger partial charge is 0.388 e. The average Bonchev–Trinajstić information content (AvgIpc) is 2.83. The number of aliphatic hydroxyl groups is 2. The van der Waals surface area contributed by atoms with Crippen LogP contribution in [0.1, 0.15) is 126 Å². The van der Waals surface area contributed by atoms with Crippen LogP contribution in [0.15, 0.2) is 24.3 Å². The van der Waals surface area contributed by atoms with Crippen molar-refractivity contribution in [2.24, 2.45) is 5.41 Å². The van der Waals surface area contributed by atoms with Crippen molar-refractivity contribution >= 4 is 0 Å². The van der Waals surface area contributed by atoms with E-state index in [1.165, 1.54) is 0 Å². The third-order valence-electron chi connectivity index (χ3n) is 6.34. The number of nitrogens with zero attached hydrogens (tertiary/aromatic N) is 1. The van der Waals surface area contributed by atoms with E-state index >= 15 is 0 Å². The molecule has 3 rings (SSSR count). The van der Waals surface area contributed by atoms with Crippen LogP contribution < -0.4 is 0 Å². The second-order valence-corrected chi connectivity index (χ2v) is 9.92. The Bertz CT molecular complexity index is 1010. The van der Waals surface area contributed by atoms with Gasteiger partial charge in [0.1, 0.15) is 6.10 Å². The SMILES string of the molecule is CC.CC.CCc1c2c(nc(C(C)C)c1[C@@H](O)c1ccc(C(F)(F)C(F)(F)F)cc1)CC(C)(C)CC2O. The number of aromatic nitrogens is 1. The van der Waals surface area contributed by atoms with Crippen molar-refractivity contribution in [2.45, 2.75) is 112 Å². The van der Waals surface area contributed by atoms with Crippen molar-refractivity contribution in [1.29, 1.82) is 0 Å². The molecule has 8 heteroatoms. The summed E-state index contributed by atoms with van der Waals surface area (Å²) >= 11 is 0. The standard InChI is InChI=1S/C25H30F5NO2.2C2H6/c1-6-16-19-17(11-23(4,5)12-18(19)32)31-21(13(2)3)20(16)22(33)14-7-9-15(10-8-14)24(26,27)25(28,29)30;2*1-2/h7-10,13,18,22,32-33H,6,11-12H2,1-5H3;2*1-2H3/t18?,22-;;/m0../s1. The highest BCUT2D eigenvalue weighted by Gasteiger charge is 2.58. The third-order valence-corrected chi connectivity index (χ3v) is 6.34. The lowest BCUT2D eigenvalue weighted by atomic mass is 9.72. The maximum atomic E-state index is 13.7. The maximum absolute atomic E-state index is 13.7. The first-order valence-corrected chi connectivity index (χ1v) is 13.1. The number of rotatable bonds is 5. The van der Waals surface area contributed by atoms with Gasteiger partial charge in [-0.3, -0.25) is 4.98 Å². The maximum Gasteiger partial charge on any atom is 0.458 e. The van der Waals surface area contributed by atoms with Gasteiger partial charge in [-0.25, -0.2) is 0 Å². The van der Waals surface area contributed by atoms with Crippen LogP contribution in [0.3, 0.4) is 0 Å². The van der Waals surface area contributed by atoms with E-state index in [1.54, 1.807) is 0 Å². The van der Waals surface area contributed by atoms with Crippen molar-refractivity contribution < 1.29 is 32.2 Å². The van der Waals surface area contributed by atoms with Gasteiger partial charge in [0.25, 0.3) is 0 Å². The molecule has 0 bridgehead atoms. The molecule has 1 aromatic carbocycles. The molecule has 0 radical (unpaired) electrons. The molecule has 1 aliphatic carbocycles. The molecular weight excluding hydrogens is 489 g/mol. The molecule has 1 heterocycles. The van der Waals surface area contributed by atoms with Gasteiger partial charge in [-0.05, 0) is 41.7 Å². The molecule has 0 saturated heterocycles. The van der Waals surface area contributed by atoms with Gasteiger partial charge in [0.05, 0.1) is 6.10 Å². The molecule has 1 unspecified atom stereocenters. The minimum Gasteiger partial charge on any atom is -0.388 e. The van der Waals surface area contributed by atoms with Gasteiger partial charge in [-0.15, -0.1) is 0 Å². The summed E-state index contributed by atoms with van der Waals surface area (Å²) < 4.78 is 65.5. The van der Waals surface area contributed by atoms with Gasteiger partial charge < -0.3 is 10.2 Å². The average molecular weight is 532 g/mol. The van der Waals surface area contributed by atoms with Gasteiger partial charge in [-0.1, -0.05) is 86.6 Å². The molecule has 2 N–H and O–H groups in total. The molecule has 2 atom stereocenters. The van der Waals surface area contributed by atoms with Crippen LogP contribution in [0.25, 0.3) is 0 Å². The predicted molar refractivity (Wildman–Crippen MR) is 138 cm³/mol. The molecule has 0 amide bonds. The molecule has 3 nitrogen and oxygen atoms in total. The highest BCUT2D eigenvalue weighted by atomic mass is 19.4. The van der Waals surface area contributed by atoms with E-state index < -0.39 is 29.9 Å². The Morgan fingerprint density at radius 1 is 1.00 bits per heavy atom. The molecule has 2 aromatic rings. The Kier molecular flexibility index (Phi) is 11.3. The largest absolute Gasteiger partial charge is 0.458 e. The first-order chi connectivity index (χ1) is 17.1. The summed E-state index contributed by atoms with van der Waals surface area (Å²) in [5.74, 6) is -5.07. The zero-order valence-corrected chi connectivity index (χ0v) is 23.4. The zero-order chi connectivity index (χ0) is 28.9. The second-order valence-electron chi connectivity index (χ2n) is 9.92. The molecule has 37 heavy (non-hydrogen) atoms. The van der Waals surface area contributed by atoms with Crippen LogP contribution in [-0.4, -0.2) is 21.4 Å². The summed E-state index contributed by atoms with van der Waals surface area (Å²) in [5, 5.41) is 22.2. The van der Waals surface area contributed by atoms with Crippen LogP contribution in [0.4, 0.5) is 22.0 Å². The van der Waals surface area contributed by atoms with Gasteiger partial charge in [0.15, 0.2) is 0 Å². The van der Waals surface area contributed by atoms with E-state index in [1.807, 2.05) is 48.5 Å². The fourth-order valence-electron chi connectivity index (χ4n) is 4.75. The highest BCUT2D eigenvalue weighted by Crippen LogP contribution is 2.46. The first-order valence-electron chi connectivity index (χ1n) is 13.1. The van der Waals surface area contributed by atoms with E-state index in [-0.39, 0.29) is 16.9 Å². The van der Waals surface area contributed by atoms with Crippen LogP contribution in [0.5, 0.6) is 0 Å². The predicted octanol–water partition coefficient (Wildman–Crippen LogP) is 8.56. The summed E-state index contributed by atoms with van der Waals surface area (Å²) in [6.45, 7) is 17.9. The zero-order valence-electron chi connectivity index (χ0n) is 23.4. The van der Waals surface area contributed by atoms with Crippen molar-refractivity contribution in [2.75, 3.05) is 0 Å². The fraction of sp³-hybridized carbons (Fsp3) is 0.621. The lowest BCUT2D eigenvalue weighted by Gasteiger charge is -2.37. The lowest BCUT2D eigenvalue weighted by molar-refractivity contribution is -0.289. The molecule has 0 spiro atoms. The lowest BCUT2D eigenvalue weighted by Crippen LogP contribution is -2.33. The Morgan fingerprint density at radius 3 is 1.95 bits per heavy atom. The molecular formula is C29H42F5NO2. The molecule has 1 aromatic heterocycles. The van der Waals surface area contributed by atoms with Crippen LogP contribution in [0, 0.1) is 5.41 Å². The monoisotopic (exact) mass is 531 g/mol. The summed E-state index contributed by atoms with van der Waals surface area (Å²) in [4.78, 5) is 4.81.